The second-order valence-corrected chi connectivity index (χ2v) is 5.18. The molecule has 0 aliphatic carbocycles. The molecule has 21 heavy (non-hydrogen) atoms. The van der Waals surface area contributed by atoms with Crippen LogP contribution in [0.15, 0.2) is 47.3 Å². The van der Waals surface area contributed by atoms with E-state index in [4.69, 9.17) is 17.3 Å². The third-order valence-electron chi connectivity index (χ3n) is 3.22. The maximum absolute atomic E-state index is 12.4. The number of nitrogens with two attached hydrogens (primary N) is 1. The zero-order valence-corrected chi connectivity index (χ0v) is 11.7. The Labute approximate surface area is 125 Å². The maximum atomic E-state index is 12.4. The first-order chi connectivity index (χ1) is 10.0. The minimum atomic E-state index is -0.463. The highest BCUT2D eigenvalue weighted by molar-refractivity contribution is 6.30. The van der Waals surface area contributed by atoms with Crippen LogP contribution in [0.1, 0.15) is 10.4 Å². The number of anilines is 1. The molecule has 5 nitrogen and oxygen atoms in total. The molecular weight excluding hydrogens is 290 g/mol. The number of H-pyrrole nitrogens is 1. The van der Waals surface area contributed by atoms with Crippen LogP contribution in [-0.2, 0) is 6.42 Å². The number of aromatic nitrogens is 2. The third kappa shape index (κ3) is 2.55. The number of nitrogen functional groups attached to an aromatic ring is 1. The average molecular weight is 302 g/mol. The molecule has 0 aliphatic rings. The minimum absolute atomic E-state index is 0.119. The normalized spacial score (nSPS) is 10.9. The molecule has 3 N–H and O–H groups in total. The van der Waals surface area contributed by atoms with E-state index in [1.807, 2.05) is 0 Å². The van der Waals surface area contributed by atoms with Gasteiger partial charge in [0.05, 0.1) is 17.5 Å². The van der Waals surface area contributed by atoms with Gasteiger partial charge in [-0.2, -0.15) is 0 Å². The van der Waals surface area contributed by atoms with E-state index in [9.17, 15) is 9.59 Å². The first-order valence-corrected chi connectivity index (χ1v) is 6.70. The van der Waals surface area contributed by atoms with Gasteiger partial charge in [-0.1, -0.05) is 23.7 Å². The average Bonchev–Trinajstić information content (AvgIpc) is 2.76. The molecule has 1 heterocycles. The lowest BCUT2D eigenvalue weighted by atomic mass is 10.1. The van der Waals surface area contributed by atoms with Gasteiger partial charge in [0.1, 0.15) is 0 Å². The second-order valence-electron chi connectivity index (χ2n) is 4.74. The predicted octanol–water partition coefficient (Wildman–Crippen LogP) is 2.45. The van der Waals surface area contributed by atoms with E-state index in [1.54, 1.807) is 42.5 Å². The quantitative estimate of drug-likeness (QED) is 0.713. The molecule has 0 amide bonds. The lowest BCUT2D eigenvalue weighted by Gasteiger charge is -2.03. The number of hydrogen-bond donors (Lipinski definition) is 2. The van der Waals surface area contributed by atoms with E-state index < -0.39 is 5.69 Å². The first kappa shape index (κ1) is 13.5. The Kier molecular flexibility index (Phi) is 3.27. The molecule has 6 heteroatoms. The topological polar surface area (TPSA) is 80.9 Å². The molecule has 0 atom stereocenters. The van der Waals surface area contributed by atoms with Gasteiger partial charge in [-0.3, -0.25) is 4.79 Å². The van der Waals surface area contributed by atoms with Gasteiger partial charge in [-0.15, -0.1) is 0 Å². The lowest BCUT2D eigenvalue weighted by molar-refractivity contribution is 0.0915. The molecule has 0 saturated carbocycles. The third-order valence-corrected chi connectivity index (χ3v) is 3.48. The summed E-state index contributed by atoms with van der Waals surface area (Å²) >= 11 is 5.81. The van der Waals surface area contributed by atoms with Crippen molar-refractivity contribution in [1.82, 2.24) is 9.55 Å². The second kappa shape index (κ2) is 5.10. The molecule has 0 radical (unpaired) electrons. The highest BCUT2D eigenvalue weighted by Gasteiger charge is 2.14. The summed E-state index contributed by atoms with van der Waals surface area (Å²) in [4.78, 5) is 26.9. The van der Waals surface area contributed by atoms with Crippen LogP contribution in [0.2, 0.25) is 5.02 Å². The van der Waals surface area contributed by atoms with E-state index in [2.05, 4.69) is 4.98 Å². The summed E-state index contributed by atoms with van der Waals surface area (Å²) < 4.78 is 1.13. The monoisotopic (exact) mass is 301 g/mol. The summed E-state index contributed by atoms with van der Waals surface area (Å²) in [6.45, 7) is 0. The fraction of sp³-hybridized carbons (Fsp3) is 0.0667. The minimum Gasteiger partial charge on any atom is -0.399 e. The fourth-order valence-corrected chi connectivity index (χ4v) is 2.36. The van der Waals surface area contributed by atoms with E-state index >= 15 is 0 Å². The SMILES string of the molecule is Nc1ccc2c(c1)[nH]c(=O)n2C(=O)Cc1ccc(Cl)cc1. The number of nitrogens with zero attached hydrogens (tertiary/aromatic N) is 1. The predicted molar refractivity (Wildman–Crippen MR) is 82.8 cm³/mol. The van der Waals surface area contributed by atoms with Gasteiger partial charge in [0, 0.05) is 10.7 Å². The number of benzene rings is 2. The zero-order valence-electron chi connectivity index (χ0n) is 11.0. The molecule has 1 aromatic heterocycles. The summed E-state index contributed by atoms with van der Waals surface area (Å²) in [6.07, 6.45) is 0.119. The van der Waals surface area contributed by atoms with Gasteiger partial charge < -0.3 is 10.7 Å². The number of imidazole rings is 1. The molecule has 0 fully saturated rings. The van der Waals surface area contributed by atoms with Crippen LogP contribution in [0.25, 0.3) is 11.0 Å². The number of carbonyl (C=O) groups excluding carboxylic acids is 1. The number of nitrogens with one attached hydrogen (secondary N) is 1. The van der Waals surface area contributed by atoms with Gasteiger partial charge in [0.15, 0.2) is 0 Å². The van der Waals surface area contributed by atoms with Crippen molar-refractivity contribution in [2.75, 3.05) is 5.73 Å². The molecular formula is C15H12ClN3O2. The summed E-state index contributed by atoms with van der Waals surface area (Å²) in [5, 5.41) is 0.603. The molecule has 0 saturated heterocycles. The fourth-order valence-electron chi connectivity index (χ4n) is 2.23. The molecule has 3 aromatic rings. The largest absolute Gasteiger partial charge is 0.399 e. The van der Waals surface area contributed by atoms with Crippen LogP contribution >= 0.6 is 11.6 Å². The van der Waals surface area contributed by atoms with E-state index in [1.165, 1.54) is 0 Å². The first-order valence-electron chi connectivity index (χ1n) is 6.32. The van der Waals surface area contributed by atoms with Crippen LogP contribution in [0.5, 0.6) is 0 Å². The molecule has 0 aliphatic heterocycles. The summed E-state index contributed by atoms with van der Waals surface area (Å²) in [5.74, 6) is -0.307. The maximum Gasteiger partial charge on any atom is 0.333 e. The lowest BCUT2D eigenvalue weighted by Crippen LogP contribution is -2.25. The molecule has 0 bridgehead atoms. The highest BCUT2D eigenvalue weighted by atomic mass is 35.5. The van der Waals surface area contributed by atoms with Crippen molar-refractivity contribution in [3.63, 3.8) is 0 Å². The van der Waals surface area contributed by atoms with Gasteiger partial charge in [0.2, 0.25) is 5.91 Å². The van der Waals surface area contributed by atoms with E-state index in [0.29, 0.717) is 21.7 Å². The van der Waals surface area contributed by atoms with Crippen LogP contribution < -0.4 is 11.4 Å². The Morgan fingerprint density at radius 2 is 1.90 bits per heavy atom. The summed E-state index contributed by atoms with van der Waals surface area (Å²) in [6, 6.07) is 11.9. The molecule has 0 unspecified atom stereocenters. The highest BCUT2D eigenvalue weighted by Crippen LogP contribution is 2.15. The van der Waals surface area contributed by atoms with Crippen molar-refractivity contribution in [2.45, 2.75) is 6.42 Å². The summed E-state index contributed by atoms with van der Waals surface area (Å²) in [7, 11) is 0. The van der Waals surface area contributed by atoms with E-state index in [-0.39, 0.29) is 12.3 Å². The summed E-state index contributed by atoms with van der Waals surface area (Å²) in [5.41, 5.74) is 7.59. The number of rotatable bonds is 2. The Morgan fingerprint density at radius 1 is 1.19 bits per heavy atom. The Hall–Kier alpha value is -2.53. The van der Waals surface area contributed by atoms with E-state index in [0.717, 1.165) is 10.1 Å². The van der Waals surface area contributed by atoms with Crippen molar-refractivity contribution >= 4 is 34.2 Å². The van der Waals surface area contributed by atoms with Crippen molar-refractivity contribution in [1.29, 1.82) is 0 Å². The number of halogens is 1. The Bertz CT molecular complexity index is 878. The van der Waals surface area contributed by atoms with Gasteiger partial charge >= 0.3 is 5.69 Å². The molecule has 2 aromatic carbocycles. The van der Waals surface area contributed by atoms with Gasteiger partial charge in [0.25, 0.3) is 0 Å². The van der Waals surface area contributed by atoms with Crippen molar-refractivity contribution < 1.29 is 4.79 Å². The molecule has 3 rings (SSSR count). The van der Waals surface area contributed by atoms with Crippen LogP contribution in [-0.4, -0.2) is 15.5 Å². The molecule has 0 spiro atoms. The number of hydrogen-bond acceptors (Lipinski definition) is 3. The standard InChI is InChI=1S/C15H12ClN3O2/c16-10-3-1-9(2-4-10)7-14(20)19-13-6-5-11(17)8-12(13)18-15(19)21/h1-6,8H,7,17H2,(H,18,21). The van der Waals surface area contributed by atoms with Crippen molar-refractivity contribution in [3.8, 4) is 0 Å². The Morgan fingerprint density at radius 3 is 2.62 bits per heavy atom. The van der Waals surface area contributed by atoms with Crippen LogP contribution in [0.3, 0.4) is 0 Å². The van der Waals surface area contributed by atoms with Crippen LogP contribution in [0.4, 0.5) is 5.69 Å². The number of fused-ring (bicyclic) bond motifs is 1. The van der Waals surface area contributed by atoms with Crippen molar-refractivity contribution in [3.05, 3.63) is 63.5 Å². The number of carbonyl (C=O) groups is 1. The van der Waals surface area contributed by atoms with Crippen LogP contribution in [0, 0.1) is 0 Å². The molecule has 106 valence electrons. The Balaban J connectivity index is 2.00. The van der Waals surface area contributed by atoms with Crippen molar-refractivity contribution in [2.24, 2.45) is 0 Å². The van der Waals surface area contributed by atoms with Gasteiger partial charge in [-0.25, -0.2) is 9.36 Å². The number of aromatic amines is 1. The smallest absolute Gasteiger partial charge is 0.333 e. The van der Waals surface area contributed by atoms with Gasteiger partial charge in [-0.05, 0) is 35.9 Å². The zero-order chi connectivity index (χ0) is 15.0.